The number of alkyl halides is 1. The van der Waals surface area contributed by atoms with Gasteiger partial charge in [-0.25, -0.2) is 9.97 Å². The predicted octanol–water partition coefficient (Wildman–Crippen LogP) is 3.68. The number of nitrogens with zero attached hydrogens (tertiary/aromatic N) is 3. The molecule has 1 saturated heterocycles. The van der Waals surface area contributed by atoms with Crippen LogP contribution < -0.4 is 4.90 Å². The van der Waals surface area contributed by atoms with Crippen molar-refractivity contribution in [3.63, 3.8) is 0 Å². The van der Waals surface area contributed by atoms with E-state index in [1.807, 2.05) is 13.1 Å². The highest BCUT2D eigenvalue weighted by atomic mass is 35.5. The standard InChI is InChI=1S/C14H22ClN3/c1-3-6-13-7-4-5-8-18(13)14-16-10-12(9-15)11(2)17-14/h10,13H,3-9H2,1-2H3. The molecule has 2 heterocycles. The Labute approximate surface area is 115 Å². The molecular formula is C14H22ClN3. The van der Waals surface area contributed by atoms with Gasteiger partial charge in [0.1, 0.15) is 0 Å². The largest absolute Gasteiger partial charge is 0.338 e. The van der Waals surface area contributed by atoms with Gasteiger partial charge < -0.3 is 4.90 Å². The molecule has 0 amide bonds. The average Bonchev–Trinajstić information content (AvgIpc) is 2.40. The topological polar surface area (TPSA) is 29.0 Å². The molecule has 1 unspecified atom stereocenters. The number of hydrogen-bond acceptors (Lipinski definition) is 3. The van der Waals surface area contributed by atoms with Crippen molar-refractivity contribution in [3.05, 3.63) is 17.5 Å². The maximum Gasteiger partial charge on any atom is 0.225 e. The zero-order valence-corrected chi connectivity index (χ0v) is 12.1. The van der Waals surface area contributed by atoms with Crippen LogP contribution >= 0.6 is 11.6 Å². The lowest BCUT2D eigenvalue weighted by molar-refractivity contribution is 0.428. The van der Waals surface area contributed by atoms with Gasteiger partial charge in [-0.05, 0) is 32.6 Å². The van der Waals surface area contributed by atoms with Crippen LogP contribution in [0.1, 0.15) is 50.3 Å². The number of aryl methyl sites for hydroxylation is 1. The van der Waals surface area contributed by atoms with Crippen LogP contribution in [0.15, 0.2) is 6.20 Å². The quantitative estimate of drug-likeness (QED) is 0.779. The van der Waals surface area contributed by atoms with Gasteiger partial charge in [0.25, 0.3) is 0 Å². The molecule has 2 rings (SSSR count). The number of aromatic nitrogens is 2. The Kier molecular flexibility index (Phi) is 4.81. The molecule has 4 heteroatoms. The molecule has 1 aromatic rings. The van der Waals surface area contributed by atoms with Gasteiger partial charge in [0.05, 0.1) is 5.88 Å². The van der Waals surface area contributed by atoms with Gasteiger partial charge in [-0.15, -0.1) is 11.6 Å². The van der Waals surface area contributed by atoms with Gasteiger partial charge >= 0.3 is 0 Å². The number of piperidine rings is 1. The van der Waals surface area contributed by atoms with Crippen LogP contribution in [0.25, 0.3) is 0 Å². The van der Waals surface area contributed by atoms with Crippen molar-refractivity contribution in [1.29, 1.82) is 0 Å². The Bertz CT molecular complexity index is 393. The van der Waals surface area contributed by atoms with Crippen molar-refractivity contribution < 1.29 is 0 Å². The zero-order chi connectivity index (χ0) is 13.0. The summed E-state index contributed by atoms with van der Waals surface area (Å²) in [7, 11) is 0. The molecule has 1 atom stereocenters. The van der Waals surface area contributed by atoms with Crippen molar-refractivity contribution in [1.82, 2.24) is 9.97 Å². The van der Waals surface area contributed by atoms with Crippen molar-refractivity contribution in [2.45, 2.75) is 57.9 Å². The first kappa shape index (κ1) is 13.6. The minimum atomic E-state index is 0.491. The third-order valence-corrected chi connectivity index (χ3v) is 4.01. The van der Waals surface area contributed by atoms with E-state index in [1.165, 1.54) is 32.1 Å². The summed E-state index contributed by atoms with van der Waals surface area (Å²) in [5, 5.41) is 0. The SMILES string of the molecule is CCCC1CCCCN1c1ncc(CCl)c(C)n1. The molecule has 1 aliphatic rings. The maximum atomic E-state index is 5.86. The van der Waals surface area contributed by atoms with Crippen LogP contribution in [0.2, 0.25) is 0 Å². The second-order valence-electron chi connectivity index (χ2n) is 5.05. The van der Waals surface area contributed by atoms with Crippen LogP contribution in [-0.2, 0) is 5.88 Å². The molecule has 0 radical (unpaired) electrons. The molecule has 0 aromatic carbocycles. The maximum absolute atomic E-state index is 5.86. The summed E-state index contributed by atoms with van der Waals surface area (Å²) in [6.07, 6.45) is 8.19. The lowest BCUT2D eigenvalue weighted by Gasteiger charge is -2.36. The van der Waals surface area contributed by atoms with E-state index in [4.69, 9.17) is 11.6 Å². The summed E-state index contributed by atoms with van der Waals surface area (Å²) in [6.45, 7) is 5.35. The Balaban J connectivity index is 2.19. The number of hydrogen-bond donors (Lipinski definition) is 0. The van der Waals surface area contributed by atoms with Crippen molar-refractivity contribution in [2.75, 3.05) is 11.4 Å². The molecule has 0 bridgehead atoms. The first-order valence-electron chi connectivity index (χ1n) is 6.91. The Hall–Kier alpha value is -0.830. The second-order valence-corrected chi connectivity index (χ2v) is 5.31. The Morgan fingerprint density at radius 2 is 2.28 bits per heavy atom. The van der Waals surface area contributed by atoms with Crippen molar-refractivity contribution >= 4 is 17.5 Å². The summed E-state index contributed by atoms with van der Waals surface area (Å²) in [4.78, 5) is 11.5. The van der Waals surface area contributed by atoms with Crippen LogP contribution in [0.3, 0.4) is 0 Å². The third-order valence-electron chi connectivity index (χ3n) is 3.72. The molecule has 1 fully saturated rings. The second kappa shape index (κ2) is 6.37. The molecule has 18 heavy (non-hydrogen) atoms. The Morgan fingerprint density at radius 1 is 1.44 bits per heavy atom. The lowest BCUT2D eigenvalue weighted by atomic mass is 9.99. The fourth-order valence-electron chi connectivity index (χ4n) is 2.65. The van der Waals surface area contributed by atoms with E-state index >= 15 is 0 Å². The highest BCUT2D eigenvalue weighted by molar-refractivity contribution is 6.17. The first-order valence-corrected chi connectivity index (χ1v) is 7.44. The van der Waals surface area contributed by atoms with Gasteiger partial charge in [-0.3, -0.25) is 0 Å². The molecule has 0 N–H and O–H groups in total. The first-order chi connectivity index (χ1) is 8.76. The van der Waals surface area contributed by atoms with Gasteiger partial charge in [0, 0.05) is 30.0 Å². The van der Waals surface area contributed by atoms with Gasteiger partial charge in [0.15, 0.2) is 0 Å². The third kappa shape index (κ3) is 2.94. The Morgan fingerprint density at radius 3 is 2.94 bits per heavy atom. The summed E-state index contributed by atoms with van der Waals surface area (Å²) >= 11 is 5.86. The molecular weight excluding hydrogens is 246 g/mol. The highest BCUT2D eigenvalue weighted by Gasteiger charge is 2.23. The van der Waals surface area contributed by atoms with Crippen LogP contribution in [-0.4, -0.2) is 22.6 Å². The molecule has 3 nitrogen and oxygen atoms in total. The van der Waals surface area contributed by atoms with E-state index in [1.54, 1.807) is 0 Å². The average molecular weight is 268 g/mol. The summed E-state index contributed by atoms with van der Waals surface area (Å²) in [5.41, 5.74) is 2.04. The van der Waals surface area contributed by atoms with E-state index in [0.29, 0.717) is 11.9 Å². The predicted molar refractivity (Wildman–Crippen MR) is 76.2 cm³/mol. The van der Waals surface area contributed by atoms with E-state index in [9.17, 15) is 0 Å². The normalized spacial score (nSPS) is 20.2. The monoisotopic (exact) mass is 267 g/mol. The molecule has 0 saturated carbocycles. The highest BCUT2D eigenvalue weighted by Crippen LogP contribution is 2.25. The van der Waals surface area contributed by atoms with Crippen LogP contribution in [0, 0.1) is 6.92 Å². The van der Waals surface area contributed by atoms with Crippen molar-refractivity contribution in [2.24, 2.45) is 0 Å². The summed E-state index contributed by atoms with van der Waals surface area (Å²) < 4.78 is 0. The number of anilines is 1. The smallest absolute Gasteiger partial charge is 0.225 e. The van der Waals surface area contributed by atoms with Gasteiger partial charge in [-0.2, -0.15) is 0 Å². The van der Waals surface area contributed by atoms with Gasteiger partial charge in [-0.1, -0.05) is 13.3 Å². The molecule has 0 spiro atoms. The van der Waals surface area contributed by atoms with Crippen LogP contribution in [0.4, 0.5) is 5.95 Å². The zero-order valence-electron chi connectivity index (χ0n) is 11.3. The number of halogens is 1. The van der Waals surface area contributed by atoms with Crippen LogP contribution in [0.5, 0.6) is 0 Å². The van der Waals surface area contributed by atoms with Crippen molar-refractivity contribution in [3.8, 4) is 0 Å². The molecule has 1 aromatic heterocycles. The lowest BCUT2D eigenvalue weighted by Crippen LogP contribution is -2.40. The fraction of sp³-hybridized carbons (Fsp3) is 0.714. The number of rotatable bonds is 4. The summed E-state index contributed by atoms with van der Waals surface area (Å²) in [5.74, 6) is 1.38. The fourth-order valence-corrected chi connectivity index (χ4v) is 2.91. The van der Waals surface area contributed by atoms with Gasteiger partial charge in [0.2, 0.25) is 5.95 Å². The van der Waals surface area contributed by atoms with E-state index in [2.05, 4.69) is 21.8 Å². The molecule has 100 valence electrons. The molecule has 1 aliphatic heterocycles. The minimum absolute atomic E-state index is 0.491. The van der Waals surface area contributed by atoms with E-state index in [-0.39, 0.29) is 0 Å². The summed E-state index contributed by atoms with van der Waals surface area (Å²) in [6, 6.07) is 0.616. The van der Waals surface area contributed by atoms with E-state index in [0.717, 1.165) is 23.8 Å². The minimum Gasteiger partial charge on any atom is -0.338 e. The molecule has 0 aliphatic carbocycles. The van der Waals surface area contributed by atoms with E-state index < -0.39 is 0 Å².